The van der Waals surface area contributed by atoms with Gasteiger partial charge in [-0.15, -0.1) is 5.10 Å². The molecular formula is C14H20N4O. The van der Waals surface area contributed by atoms with Crippen molar-refractivity contribution in [3.05, 3.63) is 35.5 Å². The van der Waals surface area contributed by atoms with E-state index in [2.05, 4.69) is 31.1 Å². The Balaban J connectivity index is 2.51. The molecule has 0 saturated carbocycles. The van der Waals surface area contributed by atoms with Crippen molar-refractivity contribution in [1.29, 1.82) is 0 Å². The highest BCUT2D eigenvalue weighted by molar-refractivity contribution is 5.45. The number of nitrogen functional groups attached to an aromatic ring is 1. The van der Waals surface area contributed by atoms with Crippen molar-refractivity contribution in [2.45, 2.75) is 32.8 Å². The summed E-state index contributed by atoms with van der Waals surface area (Å²) in [5.74, 6) is 0.477. The fourth-order valence-corrected chi connectivity index (χ4v) is 2.12. The topological polar surface area (TPSA) is 66.0 Å². The number of hydrogen-bond donors (Lipinski definition) is 1. The van der Waals surface area contributed by atoms with Gasteiger partial charge >= 0.3 is 0 Å². The van der Waals surface area contributed by atoms with E-state index in [9.17, 15) is 0 Å². The van der Waals surface area contributed by atoms with E-state index in [-0.39, 0.29) is 5.41 Å². The molecule has 0 fully saturated rings. The molecule has 0 unspecified atom stereocenters. The molecule has 2 N–H and O–H groups in total. The number of methoxy groups -OCH3 is 1. The quantitative estimate of drug-likeness (QED) is 0.919. The Kier molecular flexibility index (Phi) is 3.57. The summed E-state index contributed by atoms with van der Waals surface area (Å²) in [6, 6.07) is 8.02. The zero-order valence-electron chi connectivity index (χ0n) is 11.8. The Morgan fingerprint density at radius 3 is 2.68 bits per heavy atom. The molecule has 0 bridgehead atoms. The van der Waals surface area contributed by atoms with Gasteiger partial charge in [0.2, 0.25) is 0 Å². The molecule has 0 spiro atoms. The lowest BCUT2D eigenvalue weighted by molar-refractivity contribution is 0.185. The number of aromatic nitrogens is 3. The summed E-state index contributed by atoms with van der Waals surface area (Å²) < 4.78 is 6.95. The van der Waals surface area contributed by atoms with Crippen molar-refractivity contribution in [1.82, 2.24) is 15.0 Å². The van der Waals surface area contributed by atoms with Crippen LogP contribution in [0.5, 0.6) is 0 Å². The predicted octanol–water partition coefficient (Wildman–Crippen LogP) is 2.29. The van der Waals surface area contributed by atoms with Gasteiger partial charge in [0.15, 0.2) is 5.82 Å². The van der Waals surface area contributed by atoms with Crippen LogP contribution in [-0.2, 0) is 16.8 Å². The van der Waals surface area contributed by atoms with Crippen LogP contribution in [0.1, 0.15) is 32.0 Å². The van der Waals surface area contributed by atoms with Crippen LogP contribution < -0.4 is 5.73 Å². The maximum absolute atomic E-state index is 5.94. The van der Waals surface area contributed by atoms with Crippen LogP contribution in [0, 0.1) is 0 Å². The molecule has 0 aliphatic heterocycles. The predicted molar refractivity (Wildman–Crippen MR) is 75.2 cm³/mol. The maximum Gasteiger partial charge on any atom is 0.170 e. The molecule has 0 amide bonds. The Morgan fingerprint density at radius 1 is 1.32 bits per heavy atom. The van der Waals surface area contributed by atoms with Gasteiger partial charge in [0.25, 0.3) is 0 Å². The van der Waals surface area contributed by atoms with Gasteiger partial charge in [-0.25, -0.2) is 4.68 Å². The van der Waals surface area contributed by atoms with Crippen LogP contribution >= 0.6 is 0 Å². The number of hydrogen-bond acceptors (Lipinski definition) is 4. The molecule has 5 heteroatoms. The zero-order valence-corrected chi connectivity index (χ0v) is 11.8. The third-order valence-electron chi connectivity index (χ3n) is 2.87. The first-order valence-corrected chi connectivity index (χ1v) is 6.23. The third kappa shape index (κ3) is 2.76. The smallest absolute Gasteiger partial charge is 0.170 e. The molecule has 0 aliphatic carbocycles. The summed E-state index contributed by atoms with van der Waals surface area (Å²) in [5.41, 5.74) is 8.78. The molecule has 2 aromatic rings. The number of nitrogens with two attached hydrogens (primary N) is 1. The van der Waals surface area contributed by atoms with Gasteiger partial charge in [-0.3, -0.25) is 0 Å². The third-order valence-corrected chi connectivity index (χ3v) is 2.87. The highest BCUT2D eigenvalue weighted by atomic mass is 16.5. The van der Waals surface area contributed by atoms with Gasteiger partial charge < -0.3 is 10.5 Å². The lowest BCUT2D eigenvalue weighted by Crippen LogP contribution is -2.19. The highest BCUT2D eigenvalue weighted by Crippen LogP contribution is 2.28. The second-order valence-corrected chi connectivity index (χ2v) is 5.59. The maximum atomic E-state index is 5.94. The van der Waals surface area contributed by atoms with Crippen molar-refractivity contribution in [2.24, 2.45) is 0 Å². The summed E-state index contributed by atoms with van der Waals surface area (Å²) in [7, 11) is 1.68. The molecule has 0 aliphatic rings. The van der Waals surface area contributed by atoms with Crippen LogP contribution in [0.15, 0.2) is 24.3 Å². The first kappa shape index (κ1) is 13.5. The van der Waals surface area contributed by atoms with E-state index in [0.717, 1.165) is 16.9 Å². The van der Waals surface area contributed by atoms with Gasteiger partial charge in [0, 0.05) is 12.5 Å². The fraction of sp³-hybridized carbons (Fsp3) is 0.429. The molecule has 0 radical (unpaired) electrons. The van der Waals surface area contributed by atoms with E-state index in [4.69, 9.17) is 10.5 Å². The zero-order chi connectivity index (χ0) is 14.0. The molecule has 2 rings (SSSR count). The van der Waals surface area contributed by atoms with Gasteiger partial charge in [0.1, 0.15) is 0 Å². The monoisotopic (exact) mass is 260 g/mol. The van der Waals surface area contributed by atoms with E-state index in [1.807, 2.05) is 24.3 Å². The van der Waals surface area contributed by atoms with Gasteiger partial charge in [-0.05, 0) is 17.7 Å². The van der Waals surface area contributed by atoms with Crippen molar-refractivity contribution in [2.75, 3.05) is 12.8 Å². The van der Waals surface area contributed by atoms with Crippen molar-refractivity contribution in [3.8, 4) is 5.69 Å². The van der Waals surface area contributed by atoms with E-state index >= 15 is 0 Å². The molecule has 19 heavy (non-hydrogen) atoms. The normalized spacial score (nSPS) is 11.8. The molecule has 1 aromatic heterocycles. The summed E-state index contributed by atoms with van der Waals surface area (Å²) in [5, 5.41) is 8.15. The second-order valence-electron chi connectivity index (χ2n) is 5.59. The number of ether oxygens (including phenoxy) is 1. The molecule has 5 nitrogen and oxygen atoms in total. The van der Waals surface area contributed by atoms with Gasteiger partial charge in [-0.1, -0.05) is 38.1 Å². The van der Waals surface area contributed by atoms with Gasteiger partial charge in [-0.2, -0.15) is 0 Å². The van der Waals surface area contributed by atoms with Crippen LogP contribution in [0.2, 0.25) is 0 Å². The van der Waals surface area contributed by atoms with Crippen LogP contribution in [0.3, 0.4) is 0 Å². The highest BCUT2D eigenvalue weighted by Gasteiger charge is 2.24. The SMILES string of the molecule is COCc1cccc(-n2nnc(N)c2C(C)(C)C)c1. The summed E-state index contributed by atoms with van der Waals surface area (Å²) in [6.07, 6.45) is 0. The summed E-state index contributed by atoms with van der Waals surface area (Å²) in [6.45, 7) is 6.86. The second kappa shape index (κ2) is 5.01. The minimum Gasteiger partial charge on any atom is -0.381 e. The van der Waals surface area contributed by atoms with Gasteiger partial charge in [0.05, 0.1) is 18.0 Å². The molecule has 0 saturated heterocycles. The van der Waals surface area contributed by atoms with E-state index in [1.165, 1.54) is 0 Å². The molecule has 1 aromatic carbocycles. The number of nitrogens with zero attached hydrogens (tertiary/aromatic N) is 3. The van der Waals surface area contributed by atoms with Crippen LogP contribution in [0.25, 0.3) is 5.69 Å². The minimum absolute atomic E-state index is 0.120. The Labute approximate surface area is 113 Å². The lowest BCUT2D eigenvalue weighted by Gasteiger charge is -2.20. The average Bonchev–Trinajstić information content (AvgIpc) is 2.72. The molecular weight excluding hydrogens is 240 g/mol. The van der Waals surface area contributed by atoms with Crippen molar-refractivity contribution >= 4 is 5.82 Å². The van der Waals surface area contributed by atoms with E-state index in [0.29, 0.717) is 12.4 Å². The van der Waals surface area contributed by atoms with Crippen LogP contribution in [0.4, 0.5) is 5.82 Å². The lowest BCUT2D eigenvalue weighted by atomic mass is 9.91. The number of anilines is 1. The Bertz CT molecular complexity index is 569. The first-order chi connectivity index (χ1) is 8.93. The number of benzene rings is 1. The molecule has 102 valence electrons. The largest absolute Gasteiger partial charge is 0.381 e. The van der Waals surface area contributed by atoms with Crippen molar-refractivity contribution < 1.29 is 4.74 Å². The standard InChI is InChI=1S/C14H20N4O/c1-14(2,3)12-13(15)16-17-18(12)11-7-5-6-10(8-11)9-19-4/h5-8H,9,15H2,1-4H3. The van der Waals surface area contributed by atoms with E-state index < -0.39 is 0 Å². The Morgan fingerprint density at radius 2 is 2.05 bits per heavy atom. The van der Waals surface area contributed by atoms with E-state index in [1.54, 1.807) is 11.8 Å². The van der Waals surface area contributed by atoms with Crippen LogP contribution in [-0.4, -0.2) is 22.1 Å². The fourth-order valence-electron chi connectivity index (χ4n) is 2.12. The summed E-state index contributed by atoms with van der Waals surface area (Å²) in [4.78, 5) is 0. The number of rotatable bonds is 3. The first-order valence-electron chi connectivity index (χ1n) is 6.23. The average molecular weight is 260 g/mol. The molecule has 1 heterocycles. The molecule has 0 atom stereocenters. The van der Waals surface area contributed by atoms with Crippen molar-refractivity contribution in [3.63, 3.8) is 0 Å². The Hall–Kier alpha value is -1.88. The minimum atomic E-state index is -0.120. The summed E-state index contributed by atoms with van der Waals surface area (Å²) >= 11 is 0.